The first-order valence-electron chi connectivity index (χ1n) is 3.68. The average molecular weight is 391 g/mol. The summed E-state index contributed by atoms with van der Waals surface area (Å²) in [7, 11) is 0. The number of nitrogens with zero attached hydrogens (tertiary/aromatic N) is 2. The Labute approximate surface area is 112 Å². The van der Waals surface area contributed by atoms with Crippen molar-refractivity contribution in [3.8, 4) is 0 Å². The molecule has 0 aromatic carbocycles. The highest BCUT2D eigenvalue weighted by molar-refractivity contribution is 9.09. The summed E-state index contributed by atoms with van der Waals surface area (Å²) in [5.41, 5.74) is 1.25. The van der Waals surface area contributed by atoms with Gasteiger partial charge in [-0.1, -0.05) is 22.9 Å². The summed E-state index contributed by atoms with van der Waals surface area (Å²) < 4.78 is 0. The second-order valence-corrected chi connectivity index (χ2v) is 2.82. The number of aromatic nitrogens is 2. The van der Waals surface area contributed by atoms with E-state index in [9.17, 15) is 4.79 Å². The van der Waals surface area contributed by atoms with E-state index in [1.165, 1.54) is 6.20 Å². The molecular formula is C8H11Br3N2O. The van der Waals surface area contributed by atoms with Crippen molar-refractivity contribution in [2.75, 3.05) is 5.33 Å². The maximum atomic E-state index is 11.2. The van der Waals surface area contributed by atoms with Gasteiger partial charge in [0.1, 0.15) is 5.69 Å². The maximum Gasteiger partial charge on any atom is 0.193 e. The molecule has 0 unspecified atom stereocenters. The van der Waals surface area contributed by atoms with Gasteiger partial charge in [-0.15, -0.1) is 34.0 Å². The number of hydrogen-bond acceptors (Lipinski definition) is 3. The Morgan fingerprint density at radius 3 is 2.43 bits per heavy atom. The van der Waals surface area contributed by atoms with Crippen LogP contribution in [0.5, 0.6) is 0 Å². The van der Waals surface area contributed by atoms with Crippen molar-refractivity contribution < 1.29 is 4.79 Å². The summed E-state index contributed by atoms with van der Waals surface area (Å²) in [5, 5.41) is 0.304. The van der Waals surface area contributed by atoms with Crippen molar-refractivity contribution in [2.24, 2.45) is 0 Å². The lowest BCUT2D eigenvalue weighted by atomic mass is 10.2. The first kappa shape index (κ1) is 16.6. The highest BCUT2D eigenvalue weighted by atomic mass is 79.9. The minimum Gasteiger partial charge on any atom is -0.291 e. The summed E-state index contributed by atoms with van der Waals surface area (Å²) in [5.74, 6) is -0.0139. The summed E-state index contributed by atoms with van der Waals surface area (Å²) in [4.78, 5) is 19.3. The molecule has 0 N–H and O–H groups in total. The highest BCUT2D eigenvalue weighted by Crippen LogP contribution is 2.04. The number of rotatable bonds is 3. The van der Waals surface area contributed by atoms with Crippen LogP contribution in [0.1, 0.15) is 23.1 Å². The number of halogens is 3. The van der Waals surface area contributed by atoms with Crippen molar-refractivity contribution in [1.82, 2.24) is 9.97 Å². The van der Waals surface area contributed by atoms with E-state index in [0.717, 1.165) is 12.1 Å². The van der Waals surface area contributed by atoms with Gasteiger partial charge in [0.25, 0.3) is 0 Å². The summed E-state index contributed by atoms with van der Waals surface area (Å²) in [6, 6.07) is 0. The lowest BCUT2D eigenvalue weighted by molar-refractivity contribution is 0.101. The standard InChI is InChI=1S/C8H9BrN2O.2BrH/c1-2-6-8(7(12)5-9)11-4-3-10-6;;/h3-4H,2,5H2,1H3;2*1H. The fourth-order valence-electron chi connectivity index (χ4n) is 0.922. The second kappa shape index (κ2) is 8.49. The van der Waals surface area contributed by atoms with Crippen LogP contribution in [0.15, 0.2) is 12.4 Å². The monoisotopic (exact) mass is 388 g/mol. The van der Waals surface area contributed by atoms with Crippen LogP contribution in [0.3, 0.4) is 0 Å². The fraction of sp³-hybridized carbons (Fsp3) is 0.375. The molecule has 0 radical (unpaired) electrons. The molecule has 1 aromatic heterocycles. The number of alkyl halides is 1. The van der Waals surface area contributed by atoms with E-state index in [1.807, 2.05) is 6.92 Å². The van der Waals surface area contributed by atoms with Crippen LogP contribution in [0.4, 0.5) is 0 Å². The van der Waals surface area contributed by atoms with Crippen molar-refractivity contribution in [3.05, 3.63) is 23.8 Å². The molecule has 0 bridgehead atoms. The molecule has 1 aromatic rings. The van der Waals surface area contributed by atoms with Gasteiger partial charge in [-0.25, -0.2) is 4.98 Å². The number of Topliss-reactive ketones (excluding diaryl/α,β-unsaturated/α-hetero) is 1. The summed E-state index contributed by atoms with van der Waals surface area (Å²) in [6.45, 7) is 1.95. The van der Waals surface area contributed by atoms with E-state index < -0.39 is 0 Å². The predicted molar refractivity (Wildman–Crippen MR) is 70.2 cm³/mol. The van der Waals surface area contributed by atoms with Crippen molar-refractivity contribution >= 4 is 55.7 Å². The zero-order valence-electron chi connectivity index (χ0n) is 7.57. The molecule has 0 aliphatic rings. The largest absolute Gasteiger partial charge is 0.291 e. The van der Waals surface area contributed by atoms with Crippen LogP contribution in [0.2, 0.25) is 0 Å². The Morgan fingerprint density at radius 1 is 1.36 bits per heavy atom. The van der Waals surface area contributed by atoms with Gasteiger partial charge in [0, 0.05) is 12.4 Å². The third-order valence-corrected chi connectivity index (χ3v) is 2.00. The molecule has 1 rings (SSSR count). The molecule has 3 nitrogen and oxygen atoms in total. The van der Waals surface area contributed by atoms with Gasteiger partial charge < -0.3 is 0 Å². The van der Waals surface area contributed by atoms with Crippen LogP contribution in [-0.2, 0) is 6.42 Å². The number of carbonyl (C=O) groups is 1. The van der Waals surface area contributed by atoms with Crippen LogP contribution in [0.25, 0.3) is 0 Å². The molecule has 0 amide bonds. The molecule has 0 aliphatic heterocycles. The van der Waals surface area contributed by atoms with Crippen molar-refractivity contribution in [2.45, 2.75) is 13.3 Å². The normalized spacial score (nSPS) is 8.43. The predicted octanol–water partition coefficient (Wildman–Crippen LogP) is 2.77. The second-order valence-electron chi connectivity index (χ2n) is 2.26. The van der Waals surface area contributed by atoms with Gasteiger partial charge in [-0.3, -0.25) is 9.78 Å². The molecule has 6 heteroatoms. The molecule has 0 fully saturated rings. The fourth-order valence-corrected chi connectivity index (χ4v) is 1.19. The summed E-state index contributed by atoms with van der Waals surface area (Å²) in [6.07, 6.45) is 3.88. The third kappa shape index (κ3) is 4.14. The first-order valence-corrected chi connectivity index (χ1v) is 4.80. The number of aryl methyl sites for hydroxylation is 1. The lowest BCUT2D eigenvalue weighted by Gasteiger charge is -2.00. The van der Waals surface area contributed by atoms with Gasteiger partial charge in [-0.05, 0) is 6.42 Å². The minimum atomic E-state index is -0.0139. The van der Waals surface area contributed by atoms with E-state index in [-0.39, 0.29) is 39.7 Å². The Morgan fingerprint density at radius 2 is 1.93 bits per heavy atom. The molecule has 14 heavy (non-hydrogen) atoms. The molecule has 0 aliphatic carbocycles. The highest BCUT2D eigenvalue weighted by Gasteiger charge is 2.10. The lowest BCUT2D eigenvalue weighted by Crippen LogP contribution is -2.08. The van der Waals surface area contributed by atoms with Crippen molar-refractivity contribution in [3.63, 3.8) is 0 Å². The maximum absolute atomic E-state index is 11.2. The zero-order valence-corrected chi connectivity index (χ0v) is 12.6. The van der Waals surface area contributed by atoms with Crippen LogP contribution < -0.4 is 0 Å². The van der Waals surface area contributed by atoms with Gasteiger partial charge >= 0.3 is 0 Å². The molecule has 0 atom stereocenters. The van der Waals surface area contributed by atoms with Crippen LogP contribution >= 0.6 is 49.9 Å². The first-order chi connectivity index (χ1) is 5.79. The van der Waals surface area contributed by atoms with Gasteiger partial charge in [-0.2, -0.15) is 0 Å². The van der Waals surface area contributed by atoms with E-state index in [2.05, 4.69) is 25.9 Å². The van der Waals surface area contributed by atoms with Crippen molar-refractivity contribution in [1.29, 1.82) is 0 Å². The topological polar surface area (TPSA) is 42.9 Å². The van der Waals surface area contributed by atoms with E-state index in [1.54, 1.807) is 6.20 Å². The number of hydrogen-bond donors (Lipinski definition) is 0. The molecule has 0 spiro atoms. The van der Waals surface area contributed by atoms with Gasteiger partial charge in [0.15, 0.2) is 5.78 Å². The van der Waals surface area contributed by atoms with E-state index in [0.29, 0.717) is 11.0 Å². The molecule has 0 saturated heterocycles. The number of ketones is 1. The zero-order chi connectivity index (χ0) is 8.97. The SMILES string of the molecule is Br.Br.CCc1nccnc1C(=O)CBr. The number of carbonyl (C=O) groups excluding carboxylic acids is 1. The molecular weight excluding hydrogens is 380 g/mol. The Bertz CT molecular complexity index is 294. The molecule has 80 valence electrons. The van der Waals surface area contributed by atoms with Crippen LogP contribution in [0, 0.1) is 0 Å². The smallest absolute Gasteiger partial charge is 0.193 e. The molecule has 1 heterocycles. The molecule has 0 saturated carbocycles. The average Bonchev–Trinajstić information content (AvgIpc) is 2.16. The van der Waals surface area contributed by atoms with Gasteiger partial charge in [0.2, 0.25) is 0 Å². The third-order valence-electron chi connectivity index (χ3n) is 1.49. The van der Waals surface area contributed by atoms with E-state index in [4.69, 9.17) is 0 Å². The Kier molecular flexibility index (Phi) is 10.1. The van der Waals surface area contributed by atoms with Crippen LogP contribution in [-0.4, -0.2) is 21.1 Å². The van der Waals surface area contributed by atoms with Gasteiger partial charge in [0.05, 0.1) is 11.0 Å². The Balaban J connectivity index is 0. The summed E-state index contributed by atoms with van der Waals surface area (Å²) >= 11 is 3.10. The quantitative estimate of drug-likeness (QED) is 0.588. The Hall–Kier alpha value is 0.190. The minimum absolute atomic E-state index is 0. The van der Waals surface area contributed by atoms with E-state index >= 15 is 0 Å².